The maximum absolute atomic E-state index is 4.12. The van der Waals surface area contributed by atoms with Gasteiger partial charge in [0.2, 0.25) is 0 Å². The second kappa shape index (κ2) is 4.32. The van der Waals surface area contributed by atoms with Crippen LogP contribution < -0.4 is 5.32 Å². The molecule has 1 heteroatoms. The average molecular weight is 189 g/mol. The molecule has 0 spiro atoms. The molecule has 1 aliphatic heterocycles. The van der Waals surface area contributed by atoms with Crippen LogP contribution in [-0.2, 0) is 0 Å². The highest BCUT2D eigenvalue weighted by atomic mass is 14.9. The van der Waals surface area contributed by atoms with Crippen molar-refractivity contribution in [2.75, 3.05) is 6.54 Å². The zero-order chi connectivity index (χ0) is 10.7. The minimum atomic E-state index is 0.471. The van der Waals surface area contributed by atoms with E-state index in [1.54, 1.807) is 0 Å². The van der Waals surface area contributed by atoms with Crippen molar-refractivity contribution in [2.24, 2.45) is 5.92 Å². The summed E-state index contributed by atoms with van der Waals surface area (Å²) in [4.78, 5) is 0. The van der Waals surface area contributed by atoms with E-state index in [0.29, 0.717) is 5.92 Å². The molecule has 0 unspecified atom stereocenters. The van der Waals surface area contributed by atoms with Crippen molar-refractivity contribution in [1.82, 2.24) is 5.32 Å². The Balaban J connectivity index is 3.07. The summed E-state index contributed by atoms with van der Waals surface area (Å²) in [7, 11) is 0. The molecule has 0 aromatic heterocycles. The normalized spacial score (nSPS) is 15.7. The smallest absolute Gasteiger partial charge is 0.0447 e. The second-order valence-electron chi connectivity index (χ2n) is 4.03. The Morgan fingerprint density at radius 3 is 2.57 bits per heavy atom. The van der Waals surface area contributed by atoms with E-state index in [2.05, 4.69) is 44.5 Å². The van der Waals surface area contributed by atoms with Gasteiger partial charge in [0, 0.05) is 12.2 Å². The molecule has 1 aliphatic rings. The third kappa shape index (κ3) is 2.16. The molecule has 0 aromatic carbocycles. The highest BCUT2D eigenvalue weighted by molar-refractivity contribution is 5.49. The number of allylic oxidation sites excluding steroid dienone is 4. The molecule has 0 saturated heterocycles. The molecule has 1 N–H and O–H groups in total. The predicted molar refractivity (Wildman–Crippen MR) is 63.0 cm³/mol. The van der Waals surface area contributed by atoms with Crippen LogP contribution in [0.1, 0.15) is 20.8 Å². The molecule has 76 valence electrons. The number of nitrogens with one attached hydrogen (secondary N) is 1. The highest BCUT2D eigenvalue weighted by Crippen LogP contribution is 2.24. The zero-order valence-electron chi connectivity index (χ0n) is 9.35. The van der Waals surface area contributed by atoms with E-state index in [9.17, 15) is 0 Å². The van der Waals surface area contributed by atoms with Crippen molar-refractivity contribution >= 4 is 0 Å². The first-order valence-electron chi connectivity index (χ1n) is 5.03. The van der Waals surface area contributed by atoms with E-state index in [4.69, 9.17) is 0 Å². The number of hydrogen-bond acceptors (Lipinski definition) is 1. The van der Waals surface area contributed by atoms with E-state index < -0.39 is 0 Å². The van der Waals surface area contributed by atoms with Gasteiger partial charge in [-0.3, -0.25) is 0 Å². The maximum Gasteiger partial charge on any atom is 0.0447 e. The summed E-state index contributed by atoms with van der Waals surface area (Å²) >= 11 is 0. The molecule has 0 radical (unpaired) electrons. The van der Waals surface area contributed by atoms with Crippen LogP contribution in [0, 0.1) is 5.92 Å². The second-order valence-corrected chi connectivity index (χ2v) is 4.03. The van der Waals surface area contributed by atoms with Crippen molar-refractivity contribution in [2.45, 2.75) is 20.8 Å². The lowest BCUT2D eigenvalue weighted by Crippen LogP contribution is -2.21. The Bertz CT molecular complexity index is 316. The Hall–Kier alpha value is -1.24. The first-order valence-corrected chi connectivity index (χ1v) is 5.03. The van der Waals surface area contributed by atoms with Gasteiger partial charge in [-0.1, -0.05) is 39.2 Å². The van der Waals surface area contributed by atoms with Gasteiger partial charge in [0.1, 0.15) is 0 Å². The summed E-state index contributed by atoms with van der Waals surface area (Å²) in [5.74, 6) is 0.471. The fourth-order valence-corrected chi connectivity index (χ4v) is 1.45. The van der Waals surface area contributed by atoms with Gasteiger partial charge >= 0.3 is 0 Å². The molecule has 0 saturated carbocycles. The Morgan fingerprint density at radius 2 is 2.07 bits per heavy atom. The van der Waals surface area contributed by atoms with Crippen LogP contribution in [0.15, 0.2) is 47.7 Å². The third-order valence-corrected chi connectivity index (χ3v) is 2.43. The SMILES string of the molecule is C=C(C)C1=C(C(=C)C(C)C)NCC=C1. The van der Waals surface area contributed by atoms with Gasteiger partial charge in [0.05, 0.1) is 0 Å². The lowest BCUT2D eigenvalue weighted by Gasteiger charge is -2.22. The molecule has 1 nitrogen and oxygen atoms in total. The van der Waals surface area contributed by atoms with E-state index in [1.165, 1.54) is 5.57 Å². The molecular weight excluding hydrogens is 170 g/mol. The minimum absolute atomic E-state index is 0.471. The van der Waals surface area contributed by atoms with E-state index in [-0.39, 0.29) is 0 Å². The number of hydrogen-bond donors (Lipinski definition) is 1. The van der Waals surface area contributed by atoms with Crippen LogP contribution in [0.3, 0.4) is 0 Å². The largest absolute Gasteiger partial charge is 0.381 e. The predicted octanol–water partition coefficient (Wildman–Crippen LogP) is 3.19. The van der Waals surface area contributed by atoms with Crippen LogP contribution in [0.4, 0.5) is 0 Å². The summed E-state index contributed by atoms with van der Waals surface area (Å²) in [5, 5.41) is 3.36. The van der Waals surface area contributed by atoms with Crippen LogP contribution in [0.2, 0.25) is 0 Å². The molecular formula is C13H19N. The number of rotatable bonds is 3. The van der Waals surface area contributed by atoms with Gasteiger partial charge in [-0.15, -0.1) is 0 Å². The van der Waals surface area contributed by atoms with Crippen molar-refractivity contribution in [3.63, 3.8) is 0 Å². The van der Waals surface area contributed by atoms with Gasteiger partial charge in [-0.25, -0.2) is 0 Å². The lowest BCUT2D eigenvalue weighted by molar-refractivity contribution is 0.740. The van der Waals surface area contributed by atoms with Gasteiger partial charge in [-0.05, 0) is 29.6 Å². The summed E-state index contributed by atoms with van der Waals surface area (Å²) in [6.07, 6.45) is 4.24. The van der Waals surface area contributed by atoms with Gasteiger partial charge < -0.3 is 5.32 Å². The van der Waals surface area contributed by atoms with E-state index in [1.807, 2.05) is 6.92 Å². The minimum Gasteiger partial charge on any atom is -0.381 e. The topological polar surface area (TPSA) is 12.0 Å². The molecule has 1 rings (SSSR count). The molecule has 14 heavy (non-hydrogen) atoms. The van der Waals surface area contributed by atoms with Crippen molar-refractivity contribution in [3.05, 3.63) is 47.7 Å². The first-order chi connectivity index (χ1) is 6.54. The molecule has 0 amide bonds. The molecule has 0 bridgehead atoms. The van der Waals surface area contributed by atoms with Crippen LogP contribution in [0.5, 0.6) is 0 Å². The van der Waals surface area contributed by atoms with Gasteiger partial charge in [0.15, 0.2) is 0 Å². The standard InChI is InChI=1S/C13H19N/c1-9(2)11(5)13-12(10(3)4)7-6-8-14-13/h6-7,9,14H,3,5,8H2,1-2,4H3. The van der Waals surface area contributed by atoms with Crippen molar-refractivity contribution < 1.29 is 0 Å². The van der Waals surface area contributed by atoms with Gasteiger partial charge in [-0.2, -0.15) is 0 Å². The molecule has 1 heterocycles. The maximum atomic E-state index is 4.12. The summed E-state index contributed by atoms with van der Waals surface area (Å²) < 4.78 is 0. The van der Waals surface area contributed by atoms with Crippen LogP contribution in [0.25, 0.3) is 0 Å². The first kappa shape index (κ1) is 10.8. The van der Waals surface area contributed by atoms with Crippen LogP contribution in [-0.4, -0.2) is 6.54 Å². The molecule has 0 fully saturated rings. The summed E-state index contributed by atoms with van der Waals surface area (Å²) in [5.41, 5.74) is 4.60. The van der Waals surface area contributed by atoms with Gasteiger partial charge in [0.25, 0.3) is 0 Å². The Kier molecular flexibility index (Phi) is 3.34. The lowest BCUT2D eigenvalue weighted by atomic mass is 9.94. The summed E-state index contributed by atoms with van der Waals surface area (Å²) in [6, 6.07) is 0. The summed E-state index contributed by atoms with van der Waals surface area (Å²) in [6.45, 7) is 15.3. The quantitative estimate of drug-likeness (QED) is 0.719. The molecule has 0 aromatic rings. The van der Waals surface area contributed by atoms with Crippen molar-refractivity contribution in [3.8, 4) is 0 Å². The Labute approximate surface area is 86.9 Å². The zero-order valence-corrected chi connectivity index (χ0v) is 9.35. The fraction of sp³-hybridized carbons (Fsp3) is 0.385. The molecule has 0 atom stereocenters. The highest BCUT2D eigenvalue weighted by Gasteiger charge is 2.13. The monoisotopic (exact) mass is 189 g/mol. The third-order valence-electron chi connectivity index (χ3n) is 2.43. The molecule has 0 aliphatic carbocycles. The Morgan fingerprint density at radius 1 is 1.43 bits per heavy atom. The number of dihydropyridines is 1. The van der Waals surface area contributed by atoms with Crippen molar-refractivity contribution in [1.29, 1.82) is 0 Å². The van der Waals surface area contributed by atoms with E-state index >= 15 is 0 Å². The fourth-order valence-electron chi connectivity index (χ4n) is 1.45. The van der Waals surface area contributed by atoms with Crippen LogP contribution >= 0.6 is 0 Å². The average Bonchev–Trinajstić information content (AvgIpc) is 2.16. The van der Waals surface area contributed by atoms with E-state index in [0.717, 1.165) is 23.4 Å².